The molecule has 0 bridgehead atoms. The zero-order chi connectivity index (χ0) is 35.9. The van der Waals surface area contributed by atoms with E-state index in [1.54, 1.807) is 0 Å². The van der Waals surface area contributed by atoms with E-state index in [0.29, 0.717) is 0 Å². The van der Waals surface area contributed by atoms with Crippen LogP contribution in [-0.2, 0) is 0 Å². The van der Waals surface area contributed by atoms with Crippen molar-refractivity contribution in [2.45, 2.75) is 6.92 Å². The molecule has 1 aliphatic rings. The van der Waals surface area contributed by atoms with Crippen LogP contribution in [0.25, 0.3) is 86.8 Å². The first-order chi connectivity index (χ1) is 26.7. The highest BCUT2D eigenvalue weighted by atomic mass is 32.1. The Morgan fingerprint density at radius 1 is 0.556 bits per heavy atom. The number of allylic oxidation sites excluding steroid dienone is 2. The van der Waals surface area contributed by atoms with Gasteiger partial charge in [0.05, 0.1) is 11.0 Å². The van der Waals surface area contributed by atoms with Crippen LogP contribution in [0.15, 0.2) is 176 Å². The van der Waals surface area contributed by atoms with E-state index >= 15 is 0 Å². The van der Waals surface area contributed by atoms with E-state index in [4.69, 9.17) is 0 Å². The number of aromatic nitrogens is 1. The molecule has 2 nitrogen and oxygen atoms in total. The molecule has 0 fully saturated rings. The first kappa shape index (κ1) is 30.9. The average molecular weight is 707 g/mol. The molecule has 11 rings (SSSR count). The number of aryl methyl sites for hydroxylation is 1. The maximum absolute atomic E-state index is 3.99. The fraction of sp³-hybridized carbons (Fsp3) is 0.0196. The molecule has 254 valence electrons. The van der Waals surface area contributed by atoms with Crippen LogP contribution in [0, 0.1) is 6.92 Å². The summed E-state index contributed by atoms with van der Waals surface area (Å²) < 4.78 is 5.00. The van der Waals surface area contributed by atoms with Crippen molar-refractivity contribution in [2.75, 3.05) is 4.90 Å². The monoisotopic (exact) mass is 706 g/mol. The van der Waals surface area contributed by atoms with Gasteiger partial charge in [-0.2, -0.15) is 0 Å². The maximum Gasteiger partial charge on any atom is 0.0561 e. The SMILES string of the molecule is C=C/C=C\c1c(C)cc2cccc3c2c1-c1cc(N(c2ccc4c(c2)sc2ccccc24)c2ccc4c5ccccc5n(-c5ccccc5)c4c2)ccc1-3. The molecule has 1 aliphatic carbocycles. The highest BCUT2D eigenvalue weighted by molar-refractivity contribution is 7.25. The Hall–Kier alpha value is -6.68. The Bertz CT molecular complexity index is 3200. The molecule has 0 spiro atoms. The van der Waals surface area contributed by atoms with Gasteiger partial charge in [0.2, 0.25) is 0 Å². The highest BCUT2D eigenvalue weighted by Crippen LogP contribution is 2.52. The predicted molar refractivity (Wildman–Crippen MR) is 234 cm³/mol. The molecule has 0 unspecified atom stereocenters. The van der Waals surface area contributed by atoms with Gasteiger partial charge in [-0.25, -0.2) is 0 Å². The number of nitrogens with zero attached hydrogens (tertiary/aromatic N) is 2. The molecule has 54 heavy (non-hydrogen) atoms. The second kappa shape index (κ2) is 11.9. The summed E-state index contributed by atoms with van der Waals surface area (Å²) in [4.78, 5) is 2.45. The van der Waals surface area contributed by atoms with Crippen molar-refractivity contribution < 1.29 is 0 Å². The molecule has 0 radical (unpaired) electrons. The Labute approximate surface area is 317 Å². The van der Waals surface area contributed by atoms with Crippen molar-refractivity contribution in [2.24, 2.45) is 0 Å². The molecular formula is C51H34N2S. The fourth-order valence-electron chi connectivity index (χ4n) is 8.86. The number of hydrogen-bond donors (Lipinski definition) is 0. The molecule has 2 heterocycles. The average Bonchev–Trinajstić information content (AvgIpc) is 3.86. The van der Waals surface area contributed by atoms with Gasteiger partial charge in [-0.1, -0.05) is 122 Å². The van der Waals surface area contributed by atoms with E-state index in [-0.39, 0.29) is 0 Å². The van der Waals surface area contributed by atoms with E-state index in [2.05, 4.69) is 193 Å². The van der Waals surface area contributed by atoms with Crippen LogP contribution in [0.4, 0.5) is 17.1 Å². The molecule has 0 saturated carbocycles. The number of anilines is 3. The van der Waals surface area contributed by atoms with Crippen LogP contribution in [0.3, 0.4) is 0 Å². The zero-order valence-electron chi connectivity index (χ0n) is 29.8. The van der Waals surface area contributed by atoms with Crippen LogP contribution in [0.1, 0.15) is 11.1 Å². The summed E-state index contributed by atoms with van der Waals surface area (Å²) in [7, 11) is 0. The molecule has 10 aromatic rings. The lowest BCUT2D eigenvalue weighted by molar-refractivity contribution is 1.18. The van der Waals surface area contributed by atoms with Crippen LogP contribution in [-0.4, -0.2) is 4.57 Å². The third-order valence-corrected chi connectivity index (χ3v) is 12.3. The van der Waals surface area contributed by atoms with Crippen molar-refractivity contribution in [3.8, 4) is 27.9 Å². The molecule has 8 aromatic carbocycles. The zero-order valence-corrected chi connectivity index (χ0v) is 30.6. The number of hydrogen-bond acceptors (Lipinski definition) is 2. The minimum atomic E-state index is 1.11. The van der Waals surface area contributed by atoms with Crippen molar-refractivity contribution in [3.05, 3.63) is 188 Å². The summed E-state index contributed by atoms with van der Waals surface area (Å²) in [5.41, 5.74) is 14.5. The second-order valence-corrected chi connectivity index (χ2v) is 15.3. The summed E-state index contributed by atoms with van der Waals surface area (Å²) in [6, 6.07) is 58.3. The van der Waals surface area contributed by atoms with Crippen LogP contribution in [0.5, 0.6) is 0 Å². The first-order valence-electron chi connectivity index (χ1n) is 18.5. The quantitative estimate of drug-likeness (QED) is 0.156. The van der Waals surface area contributed by atoms with Crippen molar-refractivity contribution >= 4 is 87.2 Å². The minimum absolute atomic E-state index is 1.11. The molecule has 0 saturated heterocycles. The molecule has 3 heteroatoms. The maximum atomic E-state index is 3.99. The molecule has 0 atom stereocenters. The van der Waals surface area contributed by atoms with Crippen LogP contribution in [0.2, 0.25) is 0 Å². The van der Waals surface area contributed by atoms with E-state index in [1.165, 1.54) is 86.1 Å². The van der Waals surface area contributed by atoms with Gasteiger partial charge in [-0.15, -0.1) is 11.3 Å². The predicted octanol–water partition coefficient (Wildman–Crippen LogP) is 14.9. The molecular weight excluding hydrogens is 673 g/mol. The van der Waals surface area contributed by atoms with E-state index < -0.39 is 0 Å². The van der Waals surface area contributed by atoms with Gasteiger partial charge in [0.25, 0.3) is 0 Å². The standard InChI is InChI=1S/C51H34N2S/c1-3-4-16-38-32(2)28-33-13-12-19-44-39-25-22-35(29-45(39)51(38)50(33)44)52(37-24-27-43-42-18-9-11-21-48(42)54-49(43)31-37)36-23-26-41-40-17-8-10-20-46(40)53(47(41)30-36)34-14-6-5-7-15-34/h3-31H,1H2,2H3/b16-4-. The molecule has 0 amide bonds. The Morgan fingerprint density at radius 3 is 2.13 bits per heavy atom. The lowest BCUT2D eigenvalue weighted by Crippen LogP contribution is -2.10. The van der Waals surface area contributed by atoms with Gasteiger partial charge in [-0.05, 0) is 112 Å². The third kappa shape index (κ3) is 4.52. The summed E-state index contributed by atoms with van der Waals surface area (Å²) in [6.07, 6.45) is 6.15. The number of benzene rings is 8. The van der Waals surface area contributed by atoms with E-state index in [0.717, 1.165) is 22.7 Å². The van der Waals surface area contributed by atoms with Crippen LogP contribution >= 0.6 is 11.3 Å². The normalized spacial score (nSPS) is 12.2. The first-order valence-corrected chi connectivity index (χ1v) is 19.3. The Kier molecular flexibility index (Phi) is 6.82. The highest BCUT2D eigenvalue weighted by Gasteiger charge is 2.27. The summed E-state index contributed by atoms with van der Waals surface area (Å²) in [5.74, 6) is 0. The number of thiophene rings is 1. The largest absolute Gasteiger partial charge is 0.310 e. The second-order valence-electron chi connectivity index (χ2n) is 14.2. The van der Waals surface area contributed by atoms with Gasteiger partial charge in [0.1, 0.15) is 0 Å². The fourth-order valence-corrected chi connectivity index (χ4v) is 10.0. The van der Waals surface area contributed by atoms with E-state index in [1.807, 2.05) is 17.4 Å². The topological polar surface area (TPSA) is 8.17 Å². The Morgan fingerprint density at radius 2 is 1.26 bits per heavy atom. The number of rotatable bonds is 6. The summed E-state index contributed by atoms with van der Waals surface area (Å²) in [6.45, 7) is 6.21. The van der Waals surface area contributed by atoms with Gasteiger partial charge in [0, 0.05) is 53.7 Å². The molecule has 0 N–H and O–H groups in total. The van der Waals surface area contributed by atoms with Crippen molar-refractivity contribution in [1.29, 1.82) is 0 Å². The smallest absolute Gasteiger partial charge is 0.0561 e. The van der Waals surface area contributed by atoms with Crippen molar-refractivity contribution in [1.82, 2.24) is 4.57 Å². The van der Waals surface area contributed by atoms with Gasteiger partial charge >= 0.3 is 0 Å². The minimum Gasteiger partial charge on any atom is -0.310 e. The Balaban J connectivity index is 1.19. The van der Waals surface area contributed by atoms with E-state index in [9.17, 15) is 0 Å². The lowest BCUT2D eigenvalue weighted by atomic mass is 9.93. The van der Waals surface area contributed by atoms with Gasteiger partial charge in [0.15, 0.2) is 0 Å². The summed E-state index contributed by atoms with van der Waals surface area (Å²) in [5, 5.41) is 7.70. The number of fused-ring (bicyclic) bond motifs is 9. The lowest BCUT2D eigenvalue weighted by Gasteiger charge is -2.27. The molecule has 2 aromatic heterocycles. The number of para-hydroxylation sites is 2. The van der Waals surface area contributed by atoms with Crippen molar-refractivity contribution in [3.63, 3.8) is 0 Å². The molecule has 0 aliphatic heterocycles. The third-order valence-electron chi connectivity index (χ3n) is 11.2. The summed E-state index contributed by atoms with van der Waals surface area (Å²) >= 11 is 1.86. The van der Waals surface area contributed by atoms with Gasteiger partial charge < -0.3 is 9.47 Å². The van der Waals surface area contributed by atoms with Crippen LogP contribution < -0.4 is 4.90 Å². The van der Waals surface area contributed by atoms with Gasteiger partial charge in [-0.3, -0.25) is 0 Å².